The Labute approximate surface area is 117 Å². The van der Waals surface area contributed by atoms with Crippen LogP contribution in [0.2, 0.25) is 0 Å². The van der Waals surface area contributed by atoms with Crippen molar-refractivity contribution in [3.8, 4) is 0 Å². The first-order valence-corrected chi connectivity index (χ1v) is 6.98. The fourth-order valence-corrected chi connectivity index (χ4v) is 1.52. The van der Waals surface area contributed by atoms with Gasteiger partial charge in [0, 0.05) is 10.8 Å². The highest BCUT2D eigenvalue weighted by atomic mass is 127. The Balaban J connectivity index is 3.88. The monoisotopic (exact) mass is 358 g/mol. The van der Waals surface area contributed by atoms with Crippen LogP contribution in [0.1, 0.15) is 40.5 Å². The molecule has 0 aliphatic heterocycles. The molecule has 2 nitrogen and oxygen atoms in total. The lowest BCUT2D eigenvalue weighted by Crippen LogP contribution is -2.24. The van der Waals surface area contributed by atoms with Crippen LogP contribution >= 0.6 is 34.2 Å². The molecular weight excluding hydrogens is 338 g/mol. The number of alkyl halides is 2. The number of rotatable bonds is 6. The average Bonchev–Trinajstić information content (AvgIpc) is 2.11. The Morgan fingerprint density at radius 3 is 2.50 bits per heavy atom. The van der Waals surface area contributed by atoms with E-state index in [0.717, 1.165) is 12.8 Å². The summed E-state index contributed by atoms with van der Waals surface area (Å²) < 4.78 is 5.28. The summed E-state index contributed by atoms with van der Waals surface area (Å²) in [5.41, 5.74) is 1.24. The van der Waals surface area contributed by atoms with Gasteiger partial charge in [-0.25, -0.2) is 0 Å². The molecule has 16 heavy (non-hydrogen) atoms. The van der Waals surface area contributed by atoms with E-state index in [0.29, 0.717) is 10.5 Å². The highest BCUT2D eigenvalue weighted by molar-refractivity contribution is 14.1. The quantitative estimate of drug-likeness (QED) is 0.309. The lowest BCUT2D eigenvalue weighted by atomic mass is 10.0. The summed E-state index contributed by atoms with van der Waals surface area (Å²) in [6.45, 7) is 7.90. The van der Waals surface area contributed by atoms with Crippen LogP contribution in [0.5, 0.6) is 0 Å². The van der Waals surface area contributed by atoms with Crippen LogP contribution in [0.25, 0.3) is 0 Å². The summed E-state index contributed by atoms with van der Waals surface area (Å²) in [4.78, 5) is 10.4. The number of carbonyl (C=O) groups is 1. The van der Waals surface area contributed by atoms with E-state index in [-0.39, 0.29) is 10.8 Å². The third kappa shape index (κ3) is 8.39. The minimum atomic E-state index is -0.238. The molecule has 0 heterocycles. The van der Waals surface area contributed by atoms with Crippen LogP contribution in [0.3, 0.4) is 0 Å². The summed E-state index contributed by atoms with van der Waals surface area (Å²) in [7, 11) is 0. The molecule has 4 heteroatoms. The molecule has 1 atom stereocenters. The summed E-state index contributed by atoms with van der Waals surface area (Å²) in [6.07, 6.45) is 3.98. The Morgan fingerprint density at radius 1 is 1.50 bits per heavy atom. The highest BCUT2D eigenvalue weighted by Crippen LogP contribution is 2.29. The zero-order valence-corrected chi connectivity index (χ0v) is 13.3. The van der Waals surface area contributed by atoms with E-state index < -0.39 is 0 Å². The third-order valence-corrected chi connectivity index (χ3v) is 5.07. The maximum absolute atomic E-state index is 10.6. The highest BCUT2D eigenvalue weighted by Gasteiger charge is 2.23. The molecule has 0 fully saturated rings. The van der Waals surface area contributed by atoms with Gasteiger partial charge in [-0.15, -0.1) is 11.6 Å². The molecule has 0 aliphatic carbocycles. The van der Waals surface area contributed by atoms with Gasteiger partial charge in [0.2, 0.25) is 0 Å². The van der Waals surface area contributed by atoms with Gasteiger partial charge in [0.05, 0.1) is 4.87 Å². The standard InChI is InChI=1S/C12H20ClIO2/c1-9(7-8-16-10(2)15)5-6-11(14)12(3,4)13/h7,11H,5-6,8H2,1-4H3/b9-7+. The first-order chi connectivity index (χ1) is 7.23. The van der Waals surface area contributed by atoms with E-state index in [1.165, 1.54) is 12.5 Å². The number of hydrogen-bond acceptors (Lipinski definition) is 2. The first kappa shape index (κ1) is 16.2. The lowest BCUT2D eigenvalue weighted by Gasteiger charge is -2.23. The minimum Gasteiger partial charge on any atom is -0.462 e. The molecule has 0 radical (unpaired) electrons. The number of allylic oxidation sites excluding steroid dienone is 1. The summed E-state index contributed by atoms with van der Waals surface area (Å²) in [6, 6.07) is 0. The first-order valence-electron chi connectivity index (χ1n) is 5.35. The van der Waals surface area contributed by atoms with Crippen molar-refractivity contribution in [1.29, 1.82) is 0 Å². The summed E-state index contributed by atoms with van der Waals surface area (Å²) >= 11 is 8.60. The van der Waals surface area contributed by atoms with Crippen molar-refractivity contribution in [2.45, 2.75) is 49.3 Å². The Hall–Kier alpha value is 0.230. The van der Waals surface area contributed by atoms with Crippen LogP contribution < -0.4 is 0 Å². The average molecular weight is 359 g/mol. The maximum Gasteiger partial charge on any atom is 0.302 e. The second-order valence-electron chi connectivity index (χ2n) is 4.42. The van der Waals surface area contributed by atoms with Crippen LogP contribution in [0, 0.1) is 0 Å². The maximum atomic E-state index is 10.6. The minimum absolute atomic E-state index is 0.170. The molecule has 0 amide bonds. The normalized spacial score (nSPS) is 14.8. The second-order valence-corrected chi connectivity index (χ2v) is 6.90. The Bertz CT molecular complexity index is 256. The number of esters is 1. The third-order valence-electron chi connectivity index (χ3n) is 2.26. The van der Waals surface area contributed by atoms with Gasteiger partial charge in [0.15, 0.2) is 0 Å². The number of carbonyl (C=O) groups excluding carboxylic acids is 1. The molecule has 0 aromatic heterocycles. The molecular formula is C12H20ClIO2. The van der Waals surface area contributed by atoms with Crippen LogP contribution in [0.15, 0.2) is 11.6 Å². The molecule has 0 aromatic rings. The van der Waals surface area contributed by atoms with Crippen molar-refractivity contribution >= 4 is 40.2 Å². The van der Waals surface area contributed by atoms with E-state index in [9.17, 15) is 4.79 Å². The molecule has 1 unspecified atom stereocenters. The molecule has 0 saturated heterocycles. The van der Waals surface area contributed by atoms with Gasteiger partial charge < -0.3 is 4.74 Å². The largest absolute Gasteiger partial charge is 0.462 e. The fourth-order valence-electron chi connectivity index (χ4n) is 1.10. The van der Waals surface area contributed by atoms with Gasteiger partial charge in [-0.1, -0.05) is 28.2 Å². The predicted molar refractivity (Wildman–Crippen MR) is 77.4 cm³/mol. The van der Waals surface area contributed by atoms with Crippen LogP contribution in [-0.2, 0) is 9.53 Å². The molecule has 0 rings (SSSR count). The van der Waals surface area contributed by atoms with Gasteiger partial charge >= 0.3 is 5.97 Å². The van der Waals surface area contributed by atoms with E-state index in [1.807, 2.05) is 26.8 Å². The molecule has 0 N–H and O–H groups in total. The zero-order valence-electron chi connectivity index (χ0n) is 10.3. The van der Waals surface area contributed by atoms with Gasteiger partial charge in [0.25, 0.3) is 0 Å². The van der Waals surface area contributed by atoms with E-state index in [1.54, 1.807) is 0 Å². The molecule has 94 valence electrons. The molecule has 0 spiro atoms. The SMILES string of the molecule is CC(=O)OC/C=C(\C)CCC(I)C(C)(C)Cl. The van der Waals surface area contributed by atoms with E-state index in [2.05, 4.69) is 22.6 Å². The fraction of sp³-hybridized carbons (Fsp3) is 0.750. The van der Waals surface area contributed by atoms with Crippen molar-refractivity contribution in [3.05, 3.63) is 11.6 Å². The Kier molecular flexibility index (Phi) is 7.64. The smallest absolute Gasteiger partial charge is 0.302 e. The van der Waals surface area contributed by atoms with Crippen molar-refractivity contribution in [1.82, 2.24) is 0 Å². The topological polar surface area (TPSA) is 26.3 Å². The van der Waals surface area contributed by atoms with E-state index >= 15 is 0 Å². The molecule has 0 saturated carbocycles. The predicted octanol–water partition coefficient (Wildman–Crippen LogP) is 4.10. The second kappa shape index (κ2) is 7.54. The van der Waals surface area contributed by atoms with Crippen molar-refractivity contribution in [2.75, 3.05) is 6.61 Å². The lowest BCUT2D eigenvalue weighted by molar-refractivity contribution is -0.139. The van der Waals surface area contributed by atoms with E-state index in [4.69, 9.17) is 16.3 Å². The number of halogens is 2. The van der Waals surface area contributed by atoms with Crippen molar-refractivity contribution < 1.29 is 9.53 Å². The zero-order chi connectivity index (χ0) is 12.8. The molecule has 0 aromatic carbocycles. The number of hydrogen-bond donors (Lipinski definition) is 0. The Morgan fingerprint density at radius 2 is 2.06 bits per heavy atom. The summed E-state index contributed by atoms with van der Waals surface area (Å²) in [5.74, 6) is -0.238. The van der Waals surface area contributed by atoms with Gasteiger partial charge in [0.1, 0.15) is 6.61 Å². The number of ether oxygens (including phenoxy) is 1. The molecule has 0 bridgehead atoms. The van der Waals surface area contributed by atoms with Crippen molar-refractivity contribution in [3.63, 3.8) is 0 Å². The van der Waals surface area contributed by atoms with Gasteiger partial charge in [-0.2, -0.15) is 0 Å². The summed E-state index contributed by atoms with van der Waals surface area (Å²) in [5, 5.41) is 0. The van der Waals surface area contributed by atoms with Crippen LogP contribution in [-0.4, -0.2) is 21.4 Å². The van der Waals surface area contributed by atoms with Crippen LogP contribution in [0.4, 0.5) is 0 Å². The van der Waals surface area contributed by atoms with Crippen molar-refractivity contribution in [2.24, 2.45) is 0 Å². The molecule has 0 aliphatic rings. The van der Waals surface area contributed by atoms with Gasteiger partial charge in [-0.05, 0) is 39.7 Å². The van der Waals surface area contributed by atoms with Gasteiger partial charge in [-0.3, -0.25) is 4.79 Å².